The molecule has 0 spiro atoms. The average Bonchev–Trinajstić information content (AvgIpc) is 3.47. The molecule has 0 heterocycles. The van der Waals surface area contributed by atoms with Gasteiger partial charge in [-0.3, -0.25) is 14.4 Å². The van der Waals surface area contributed by atoms with Crippen molar-refractivity contribution >= 4 is 17.9 Å². The van der Waals surface area contributed by atoms with Crippen LogP contribution in [0.5, 0.6) is 0 Å². The third-order valence-electron chi connectivity index (χ3n) is 17.0. The summed E-state index contributed by atoms with van der Waals surface area (Å²) in [6, 6.07) is 0. The first kappa shape index (κ1) is 78.9. The molecule has 478 valence electrons. The largest absolute Gasteiger partial charge is 0.462 e. The fourth-order valence-corrected chi connectivity index (χ4v) is 11.4. The molecule has 0 aliphatic heterocycles. The van der Waals surface area contributed by atoms with E-state index >= 15 is 0 Å². The Morgan fingerprint density at radius 3 is 0.679 bits per heavy atom. The van der Waals surface area contributed by atoms with Gasteiger partial charge in [0.1, 0.15) is 13.2 Å². The molecule has 0 aromatic rings. The SMILES string of the molecule is CCCCCCC/C=C\C/C=C\CCCCCCCCCCCCCCCCCC(=O)OC(COC(=O)CCCCCCCCCC)COC(=O)CCCCCCCCCCCCCCCCCCCCCCCCCCCCCC. The third kappa shape index (κ3) is 68.6. The van der Waals surface area contributed by atoms with Crippen LogP contribution in [0.15, 0.2) is 24.3 Å². The number of allylic oxidation sites excluding steroid dienone is 4. The molecule has 0 N–H and O–H groups in total. The van der Waals surface area contributed by atoms with E-state index in [0.29, 0.717) is 19.3 Å². The summed E-state index contributed by atoms with van der Waals surface area (Å²) in [4.78, 5) is 38.3. The zero-order chi connectivity index (χ0) is 58.5. The van der Waals surface area contributed by atoms with Crippen LogP contribution in [0.4, 0.5) is 0 Å². The molecule has 0 bridgehead atoms. The van der Waals surface area contributed by atoms with Crippen molar-refractivity contribution in [2.45, 2.75) is 425 Å². The molecule has 0 aliphatic rings. The second kappa shape index (κ2) is 70.4. The molecule has 0 rings (SSSR count). The summed E-state index contributed by atoms with van der Waals surface area (Å²) in [6.07, 6.45) is 86.8. The normalized spacial score (nSPS) is 12.1. The topological polar surface area (TPSA) is 78.9 Å². The maximum absolute atomic E-state index is 12.9. The second-order valence-corrected chi connectivity index (χ2v) is 25.2. The predicted molar refractivity (Wildman–Crippen MR) is 353 cm³/mol. The highest BCUT2D eigenvalue weighted by Gasteiger charge is 2.20. The van der Waals surface area contributed by atoms with Crippen LogP contribution in [0, 0.1) is 0 Å². The molecule has 0 fully saturated rings. The van der Waals surface area contributed by atoms with Crippen molar-refractivity contribution in [3.05, 3.63) is 24.3 Å². The Morgan fingerprint density at radius 1 is 0.247 bits per heavy atom. The zero-order valence-corrected chi connectivity index (χ0v) is 55.1. The van der Waals surface area contributed by atoms with Gasteiger partial charge in [-0.15, -0.1) is 0 Å². The summed E-state index contributed by atoms with van der Waals surface area (Å²) in [5.41, 5.74) is 0. The molecule has 0 aliphatic carbocycles. The Bertz CT molecular complexity index is 1310. The minimum Gasteiger partial charge on any atom is -0.462 e. The van der Waals surface area contributed by atoms with Gasteiger partial charge in [0.25, 0.3) is 0 Å². The first-order valence-corrected chi connectivity index (χ1v) is 36.8. The van der Waals surface area contributed by atoms with E-state index in [1.165, 1.54) is 315 Å². The number of esters is 3. The third-order valence-corrected chi connectivity index (χ3v) is 17.0. The van der Waals surface area contributed by atoms with Gasteiger partial charge in [-0.1, -0.05) is 373 Å². The number of carbonyl (C=O) groups is 3. The second-order valence-electron chi connectivity index (χ2n) is 25.2. The van der Waals surface area contributed by atoms with Crippen molar-refractivity contribution in [1.29, 1.82) is 0 Å². The molecule has 0 aromatic heterocycles. The standard InChI is InChI=1S/C75H142O6/c1-4-7-10-13-16-19-21-23-25-27-29-31-33-35-37-39-40-42-44-46-48-50-52-54-56-59-62-65-68-74(77)80-71-72(70-79-73(76)67-64-61-58-18-15-12-9-6-3)81-75(78)69-66-63-60-57-55-53-51-49-47-45-43-41-38-36-34-32-30-28-26-24-22-20-17-14-11-8-5-2/h22,24,28,30,72H,4-21,23,25-27,29,31-71H2,1-3H3/b24-22-,30-28-. The van der Waals surface area contributed by atoms with Gasteiger partial charge in [0, 0.05) is 19.3 Å². The van der Waals surface area contributed by atoms with E-state index in [2.05, 4.69) is 45.1 Å². The van der Waals surface area contributed by atoms with E-state index in [4.69, 9.17) is 14.2 Å². The van der Waals surface area contributed by atoms with Crippen molar-refractivity contribution in [1.82, 2.24) is 0 Å². The average molecular weight is 1140 g/mol. The van der Waals surface area contributed by atoms with Crippen LogP contribution in [0.3, 0.4) is 0 Å². The molecule has 0 aromatic carbocycles. The minimum absolute atomic E-state index is 0.0643. The van der Waals surface area contributed by atoms with E-state index in [0.717, 1.165) is 64.2 Å². The molecule has 0 amide bonds. The Hall–Kier alpha value is -2.11. The maximum Gasteiger partial charge on any atom is 0.306 e. The van der Waals surface area contributed by atoms with Crippen molar-refractivity contribution in [2.75, 3.05) is 13.2 Å². The van der Waals surface area contributed by atoms with Crippen LogP contribution in [0.2, 0.25) is 0 Å². The Kier molecular flexibility index (Phi) is 68.5. The number of hydrogen-bond donors (Lipinski definition) is 0. The van der Waals surface area contributed by atoms with Crippen molar-refractivity contribution in [2.24, 2.45) is 0 Å². The smallest absolute Gasteiger partial charge is 0.306 e. The van der Waals surface area contributed by atoms with E-state index in [9.17, 15) is 14.4 Å². The lowest BCUT2D eigenvalue weighted by Gasteiger charge is -2.18. The number of ether oxygens (including phenoxy) is 3. The number of carbonyl (C=O) groups excluding carboxylic acids is 3. The van der Waals surface area contributed by atoms with E-state index in [1.807, 2.05) is 0 Å². The van der Waals surface area contributed by atoms with Crippen LogP contribution in [0.25, 0.3) is 0 Å². The Labute approximate surface area is 506 Å². The fraction of sp³-hybridized carbons (Fsp3) is 0.907. The summed E-state index contributed by atoms with van der Waals surface area (Å²) in [6.45, 7) is 6.68. The zero-order valence-electron chi connectivity index (χ0n) is 55.1. The molecular weight excluding hydrogens is 997 g/mol. The van der Waals surface area contributed by atoms with Crippen LogP contribution in [-0.2, 0) is 28.6 Å². The van der Waals surface area contributed by atoms with Gasteiger partial charge in [0.05, 0.1) is 0 Å². The minimum atomic E-state index is -0.766. The van der Waals surface area contributed by atoms with Gasteiger partial charge in [0.15, 0.2) is 6.10 Å². The van der Waals surface area contributed by atoms with E-state index in [-0.39, 0.29) is 31.1 Å². The molecule has 0 saturated heterocycles. The predicted octanol–water partition coefficient (Wildman–Crippen LogP) is 25.3. The van der Waals surface area contributed by atoms with Gasteiger partial charge in [-0.25, -0.2) is 0 Å². The van der Waals surface area contributed by atoms with Gasteiger partial charge in [-0.05, 0) is 51.4 Å². The van der Waals surface area contributed by atoms with Crippen LogP contribution in [0.1, 0.15) is 419 Å². The highest BCUT2D eigenvalue weighted by Crippen LogP contribution is 2.19. The summed E-state index contributed by atoms with van der Waals surface area (Å²) in [7, 11) is 0. The molecule has 81 heavy (non-hydrogen) atoms. The van der Waals surface area contributed by atoms with Gasteiger partial charge < -0.3 is 14.2 Å². The molecule has 1 unspecified atom stereocenters. The summed E-state index contributed by atoms with van der Waals surface area (Å²) < 4.78 is 16.9. The highest BCUT2D eigenvalue weighted by molar-refractivity contribution is 5.71. The maximum atomic E-state index is 12.9. The molecule has 6 heteroatoms. The van der Waals surface area contributed by atoms with Gasteiger partial charge in [0.2, 0.25) is 0 Å². The van der Waals surface area contributed by atoms with Crippen LogP contribution >= 0.6 is 0 Å². The lowest BCUT2D eigenvalue weighted by molar-refractivity contribution is -0.167. The Balaban J connectivity index is 4.03. The lowest BCUT2D eigenvalue weighted by atomic mass is 10.0. The molecule has 1 atom stereocenters. The van der Waals surface area contributed by atoms with E-state index in [1.54, 1.807) is 0 Å². The van der Waals surface area contributed by atoms with Crippen molar-refractivity contribution in [3.63, 3.8) is 0 Å². The summed E-state index contributed by atoms with van der Waals surface area (Å²) >= 11 is 0. The molecular formula is C75H142O6. The van der Waals surface area contributed by atoms with Crippen molar-refractivity contribution < 1.29 is 28.6 Å². The monoisotopic (exact) mass is 1140 g/mol. The fourth-order valence-electron chi connectivity index (χ4n) is 11.4. The van der Waals surface area contributed by atoms with Gasteiger partial charge in [-0.2, -0.15) is 0 Å². The summed E-state index contributed by atoms with van der Waals surface area (Å²) in [5, 5.41) is 0. The Morgan fingerprint density at radius 2 is 0.444 bits per heavy atom. The first-order chi connectivity index (χ1) is 40.0. The molecule has 0 saturated carbocycles. The first-order valence-electron chi connectivity index (χ1n) is 36.8. The number of unbranched alkanes of at least 4 members (excludes halogenated alkanes) is 54. The number of hydrogen-bond acceptors (Lipinski definition) is 6. The summed E-state index contributed by atoms with van der Waals surface area (Å²) in [5.74, 6) is -0.837. The highest BCUT2D eigenvalue weighted by atomic mass is 16.6. The van der Waals surface area contributed by atoms with Gasteiger partial charge >= 0.3 is 17.9 Å². The molecule has 6 nitrogen and oxygen atoms in total. The number of rotatable bonds is 69. The van der Waals surface area contributed by atoms with Crippen LogP contribution in [-0.4, -0.2) is 37.2 Å². The molecule has 0 radical (unpaired) electrons. The van der Waals surface area contributed by atoms with Crippen molar-refractivity contribution in [3.8, 4) is 0 Å². The van der Waals surface area contributed by atoms with E-state index < -0.39 is 6.10 Å². The van der Waals surface area contributed by atoms with Crippen LogP contribution < -0.4 is 0 Å². The lowest BCUT2D eigenvalue weighted by Crippen LogP contribution is -2.30. The quantitative estimate of drug-likeness (QED) is 0.0261.